The molecule has 3 nitrogen and oxygen atoms in total. The summed E-state index contributed by atoms with van der Waals surface area (Å²) in [5, 5.41) is 2.63. The van der Waals surface area contributed by atoms with Crippen LogP contribution < -0.4 is 5.56 Å². The monoisotopic (exact) mass is 320 g/mol. The highest BCUT2D eigenvalue weighted by atomic mass is 79.9. The number of aromatic amines is 1. The quantitative estimate of drug-likeness (QED) is 0.849. The van der Waals surface area contributed by atoms with Gasteiger partial charge in [0.25, 0.3) is 5.56 Å². The molecule has 2 aromatic rings. The van der Waals surface area contributed by atoms with Crippen molar-refractivity contribution in [2.75, 3.05) is 0 Å². The van der Waals surface area contributed by atoms with Crippen LogP contribution in [0.4, 0.5) is 13.2 Å². The minimum Gasteiger partial charge on any atom is -0.294 e. The summed E-state index contributed by atoms with van der Waals surface area (Å²) in [6.07, 6.45) is 0.508. The first-order valence-corrected chi connectivity index (χ1v) is 5.89. The Morgan fingerprint density at radius 3 is 2.39 bits per heavy atom. The molecule has 0 aliphatic rings. The number of nitrogens with one attached hydrogen (secondary N) is 1. The number of nitrogens with zero attached hydrogens (tertiary/aromatic N) is 1. The SMILES string of the molecule is CCc1[nH]n(-c2cc(F)c(F)cc2F)c(=O)c1Br. The second kappa shape index (κ2) is 4.64. The van der Waals surface area contributed by atoms with E-state index in [2.05, 4.69) is 21.0 Å². The van der Waals surface area contributed by atoms with E-state index in [4.69, 9.17) is 0 Å². The van der Waals surface area contributed by atoms with Crippen LogP contribution in [0.25, 0.3) is 5.69 Å². The Morgan fingerprint density at radius 1 is 1.22 bits per heavy atom. The molecule has 0 aliphatic heterocycles. The predicted molar refractivity (Wildman–Crippen MR) is 63.3 cm³/mol. The summed E-state index contributed by atoms with van der Waals surface area (Å²) in [5.74, 6) is -3.54. The third-order valence-corrected chi connectivity index (χ3v) is 3.30. The highest BCUT2D eigenvalue weighted by Gasteiger charge is 2.17. The summed E-state index contributed by atoms with van der Waals surface area (Å²) in [6.45, 7) is 1.79. The fourth-order valence-corrected chi connectivity index (χ4v) is 2.10. The number of hydrogen-bond acceptors (Lipinski definition) is 1. The van der Waals surface area contributed by atoms with Crippen LogP contribution in [0.15, 0.2) is 21.4 Å². The third kappa shape index (κ3) is 1.98. The molecule has 0 atom stereocenters. The molecule has 18 heavy (non-hydrogen) atoms. The Hall–Kier alpha value is -1.50. The van der Waals surface area contributed by atoms with Gasteiger partial charge in [0.2, 0.25) is 0 Å². The smallest absolute Gasteiger partial charge is 0.285 e. The maximum absolute atomic E-state index is 13.5. The van der Waals surface area contributed by atoms with Crippen molar-refractivity contribution in [3.05, 3.63) is 50.1 Å². The highest BCUT2D eigenvalue weighted by molar-refractivity contribution is 9.10. The van der Waals surface area contributed by atoms with Crippen molar-refractivity contribution < 1.29 is 13.2 Å². The van der Waals surface area contributed by atoms with Crippen LogP contribution in [0.1, 0.15) is 12.6 Å². The van der Waals surface area contributed by atoms with E-state index < -0.39 is 23.0 Å². The Bertz CT molecular complexity index is 663. The van der Waals surface area contributed by atoms with Gasteiger partial charge in [-0.15, -0.1) is 0 Å². The molecule has 0 amide bonds. The maximum atomic E-state index is 13.5. The first kappa shape index (κ1) is 12.9. The van der Waals surface area contributed by atoms with Gasteiger partial charge in [-0.25, -0.2) is 17.9 Å². The summed E-state index contributed by atoms with van der Waals surface area (Å²) >= 11 is 3.06. The fourth-order valence-electron chi connectivity index (χ4n) is 1.55. The van der Waals surface area contributed by atoms with Crippen molar-refractivity contribution in [3.63, 3.8) is 0 Å². The van der Waals surface area contributed by atoms with Gasteiger partial charge >= 0.3 is 0 Å². The molecule has 1 aromatic heterocycles. The molecule has 0 radical (unpaired) electrons. The minimum absolute atomic E-state index is 0.245. The Kier molecular flexibility index (Phi) is 3.34. The van der Waals surface area contributed by atoms with Crippen LogP contribution in [0, 0.1) is 17.5 Å². The number of H-pyrrole nitrogens is 1. The van der Waals surface area contributed by atoms with Crippen molar-refractivity contribution in [2.45, 2.75) is 13.3 Å². The zero-order valence-corrected chi connectivity index (χ0v) is 10.8. The van der Waals surface area contributed by atoms with Crippen LogP contribution in [-0.2, 0) is 6.42 Å². The lowest BCUT2D eigenvalue weighted by atomic mass is 10.3. The van der Waals surface area contributed by atoms with Gasteiger partial charge in [-0.3, -0.25) is 9.89 Å². The zero-order chi connectivity index (χ0) is 13.4. The van der Waals surface area contributed by atoms with Crippen LogP contribution in [0.5, 0.6) is 0 Å². The topological polar surface area (TPSA) is 37.8 Å². The van der Waals surface area contributed by atoms with Gasteiger partial charge in [0.1, 0.15) is 10.2 Å². The van der Waals surface area contributed by atoms with Gasteiger partial charge in [0.15, 0.2) is 17.5 Å². The van der Waals surface area contributed by atoms with Gasteiger partial charge in [-0.05, 0) is 22.4 Å². The summed E-state index contributed by atoms with van der Waals surface area (Å²) in [5.41, 5.74) is -0.375. The molecule has 0 unspecified atom stereocenters. The lowest BCUT2D eigenvalue weighted by molar-refractivity contribution is 0.491. The normalized spacial score (nSPS) is 10.9. The first-order chi connectivity index (χ1) is 8.45. The van der Waals surface area contributed by atoms with E-state index >= 15 is 0 Å². The van der Waals surface area contributed by atoms with Crippen LogP contribution >= 0.6 is 15.9 Å². The lowest BCUT2D eigenvalue weighted by Gasteiger charge is -2.04. The first-order valence-electron chi connectivity index (χ1n) is 5.10. The van der Waals surface area contributed by atoms with E-state index in [0.29, 0.717) is 24.2 Å². The van der Waals surface area contributed by atoms with E-state index in [1.807, 2.05) is 0 Å². The molecular weight excluding hydrogens is 313 g/mol. The molecule has 1 N–H and O–H groups in total. The number of rotatable bonds is 2. The molecule has 0 aliphatic carbocycles. The lowest BCUT2D eigenvalue weighted by Crippen LogP contribution is -2.16. The molecule has 0 saturated carbocycles. The number of aryl methyl sites for hydroxylation is 1. The zero-order valence-electron chi connectivity index (χ0n) is 9.23. The summed E-state index contributed by atoms with van der Waals surface area (Å²) in [7, 11) is 0. The van der Waals surface area contributed by atoms with E-state index in [9.17, 15) is 18.0 Å². The Morgan fingerprint density at radius 2 is 1.83 bits per heavy atom. The van der Waals surface area contributed by atoms with E-state index in [1.165, 1.54) is 0 Å². The molecule has 0 saturated heterocycles. The largest absolute Gasteiger partial charge is 0.294 e. The molecule has 2 rings (SSSR count). The number of aromatic nitrogens is 2. The molecule has 7 heteroatoms. The molecule has 0 bridgehead atoms. The van der Waals surface area contributed by atoms with Crippen molar-refractivity contribution in [1.82, 2.24) is 9.78 Å². The summed E-state index contributed by atoms with van der Waals surface area (Å²) < 4.78 is 40.5. The van der Waals surface area contributed by atoms with Gasteiger partial charge in [-0.1, -0.05) is 6.92 Å². The van der Waals surface area contributed by atoms with Crippen LogP contribution in [0.2, 0.25) is 0 Å². The number of halogens is 4. The van der Waals surface area contributed by atoms with E-state index in [-0.39, 0.29) is 10.2 Å². The Balaban J connectivity index is 2.70. The Labute approximate surface area is 108 Å². The third-order valence-electron chi connectivity index (χ3n) is 2.49. The molecule has 1 aromatic carbocycles. The standard InChI is InChI=1S/C11H8BrF3N2O/c1-2-8-10(12)11(18)17(16-8)9-4-6(14)5(13)3-7(9)15/h3-4,16H,2H2,1H3. The van der Waals surface area contributed by atoms with Gasteiger partial charge in [0.05, 0.1) is 5.69 Å². The number of hydrogen-bond donors (Lipinski definition) is 1. The molecule has 0 fully saturated rings. The highest BCUT2D eigenvalue weighted by Crippen LogP contribution is 2.18. The average molecular weight is 321 g/mol. The molecule has 1 heterocycles. The van der Waals surface area contributed by atoms with Crippen LogP contribution in [-0.4, -0.2) is 9.78 Å². The fraction of sp³-hybridized carbons (Fsp3) is 0.182. The van der Waals surface area contributed by atoms with Crippen molar-refractivity contribution >= 4 is 15.9 Å². The second-order valence-electron chi connectivity index (χ2n) is 3.62. The molecule has 96 valence electrons. The summed E-state index contributed by atoms with van der Waals surface area (Å²) in [4.78, 5) is 11.8. The molecular formula is C11H8BrF3N2O. The minimum atomic E-state index is -1.30. The second-order valence-corrected chi connectivity index (χ2v) is 4.41. The van der Waals surface area contributed by atoms with Crippen LogP contribution in [0.3, 0.4) is 0 Å². The van der Waals surface area contributed by atoms with Gasteiger partial charge < -0.3 is 0 Å². The van der Waals surface area contributed by atoms with Crippen molar-refractivity contribution in [1.29, 1.82) is 0 Å². The van der Waals surface area contributed by atoms with E-state index in [1.54, 1.807) is 6.92 Å². The van der Waals surface area contributed by atoms with Crippen molar-refractivity contribution in [3.8, 4) is 5.69 Å². The predicted octanol–water partition coefficient (Wildman–Crippen LogP) is 2.91. The average Bonchev–Trinajstić information content (AvgIpc) is 2.61. The maximum Gasteiger partial charge on any atom is 0.285 e. The van der Waals surface area contributed by atoms with Gasteiger partial charge in [0, 0.05) is 12.1 Å². The van der Waals surface area contributed by atoms with Gasteiger partial charge in [-0.2, -0.15) is 0 Å². The van der Waals surface area contributed by atoms with E-state index in [0.717, 1.165) is 4.68 Å². The van der Waals surface area contributed by atoms with Crippen molar-refractivity contribution in [2.24, 2.45) is 0 Å². The number of benzene rings is 1. The molecule has 0 spiro atoms. The summed E-state index contributed by atoms with van der Waals surface area (Å²) in [6, 6.07) is 1.03.